The number of likely N-dealkylation sites (tertiary alicyclic amines) is 1. The van der Waals surface area contributed by atoms with Crippen LogP contribution in [0, 0.1) is 24.7 Å². The van der Waals surface area contributed by atoms with Crippen molar-refractivity contribution in [3.05, 3.63) is 0 Å². The van der Waals surface area contributed by atoms with Crippen LogP contribution in [-0.4, -0.2) is 114 Å². The summed E-state index contributed by atoms with van der Waals surface area (Å²) in [6.07, 6.45) is 13.1. The SMILES string of the molecule is C#CCCBr.C#CCCN1CCN(C(=O)OC(C)(C)C)[C@H](C(=O)OC)C1.COC(=O)[C@@H]1CCCCN1C(=O)OC(C)(C)C. The van der Waals surface area contributed by atoms with Crippen molar-refractivity contribution in [2.24, 2.45) is 0 Å². The Labute approximate surface area is 266 Å². The first-order valence-corrected chi connectivity index (χ1v) is 15.5. The van der Waals surface area contributed by atoms with Crippen LogP contribution in [0.5, 0.6) is 0 Å². The van der Waals surface area contributed by atoms with Gasteiger partial charge in [-0.25, -0.2) is 19.2 Å². The second-order valence-corrected chi connectivity index (χ2v) is 12.6. The number of rotatable bonds is 5. The van der Waals surface area contributed by atoms with Crippen LogP contribution in [0.25, 0.3) is 0 Å². The highest BCUT2D eigenvalue weighted by Gasteiger charge is 2.38. The Balaban J connectivity index is 0.000000720. The largest absolute Gasteiger partial charge is 0.467 e. The fourth-order valence-electron chi connectivity index (χ4n) is 4.05. The summed E-state index contributed by atoms with van der Waals surface area (Å²) < 4.78 is 20.1. The van der Waals surface area contributed by atoms with Crippen LogP contribution in [-0.2, 0) is 28.5 Å². The number of carbonyl (C=O) groups is 4. The van der Waals surface area contributed by atoms with E-state index >= 15 is 0 Å². The van der Waals surface area contributed by atoms with Crippen molar-refractivity contribution in [1.82, 2.24) is 14.7 Å². The first-order chi connectivity index (χ1) is 20.0. The van der Waals surface area contributed by atoms with Gasteiger partial charge in [-0.15, -0.1) is 24.7 Å². The summed E-state index contributed by atoms with van der Waals surface area (Å²) in [6, 6.07) is -1.15. The number of methoxy groups -OCH3 is 2. The first kappa shape index (κ1) is 40.0. The van der Waals surface area contributed by atoms with E-state index in [2.05, 4.69) is 32.7 Å². The summed E-state index contributed by atoms with van der Waals surface area (Å²) in [7, 11) is 2.65. The number of terminal acetylenes is 2. The standard InChI is InChI=1S/C15H24N2O4.C12H21NO4.C4H5Br/c1-6-7-8-16-9-10-17(12(11-16)13(18)20-5)14(19)21-15(2,3)4;1-12(2,3)17-11(15)13-8-6-5-7-9(13)10(14)16-4;1-2-3-4-5/h1,12H,7-11H2,2-5H3;9H,5-8H2,1-4H3;1H,3-4H2/t12-;9-;/m00./s1. The summed E-state index contributed by atoms with van der Waals surface area (Å²) in [5.41, 5.74) is -1.15. The molecule has 0 aliphatic carbocycles. The number of piperazine rings is 1. The zero-order valence-electron chi connectivity index (χ0n) is 27.1. The van der Waals surface area contributed by atoms with Crippen LogP contribution < -0.4 is 0 Å². The molecule has 0 unspecified atom stereocenters. The molecule has 2 fully saturated rings. The zero-order valence-corrected chi connectivity index (χ0v) is 28.7. The number of esters is 2. The molecule has 12 heteroatoms. The van der Waals surface area contributed by atoms with Crippen LogP contribution in [0.1, 0.15) is 73.6 Å². The second kappa shape index (κ2) is 20.1. The van der Waals surface area contributed by atoms with Crippen molar-refractivity contribution in [2.75, 3.05) is 52.3 Å². The minimum Gasteiger partial charge on any atom is -0.467 e. The van der Waals surface area contributed by atoms with Crippen molar-refractivity contribution >= 4 is 40.1 Å². The molecule has 2 heterocycles. The average Bonchev–Trinajstić information content (AvgIpc) is 2.94. The Morgan fingerprint density at radius 3 is 1.67 bits per heavy atom. The van der Waals surface area contributed by atoms with Gasteiger partial charge in [-0.1, -0.05) is 15.9 Å². The molecule has 0 aromatic carbocycles. The van der Waals surface area contributed by atoms with Gasteiger partial charge in [0, 0.05) is 50.9 Å². The predicted octanol–water partition coefficient (Wildman–Crippen LogP) is 4.46. The molecule has 2 aliphatic rings. The molecule has 244 valence electrons. The molecule has 43 heavy (non-hydrogen) atoms. The molecule has 11 nitrogen and oxygen atoms in total. The van der Waals surface area contributed by atoms with Crippen LogP contribution in [0.2, 0.25) is 0 Å². The van der Waals surface area contributed by atoms with Gasteiger partial charge >= 0.3 is 24.1 Å². The van der Waals surface area contributed by atoms with Gasteiger partial charge < -0.3 is 18.9 Å². The van der Waals surface area contributed by atoms with Crippen molar-refractivity contribution in [1.29, 1.82) is 0 Å². The first-order valence-electron chi connectivity index (χ1n) is 14.3. The lowest BCUT2D eigenvalue weighted by Crippen LogP contribution is -2.59. The molecule has 2 saturated heterocycles. The van der Waals surface area contributed by atoms with Gasteiger partial charge in [0.05, 0.1) is 14.2 Å². The molecule has 2 aliphatic heterocycles. The second-order valence-electron chi connectivity index (χ2n) is 11.8. The molecule has 0 aromatic heterocycles. The van der Waals surface area contributed by atoms with E-state index in [1.54, 1.807) is 20.8 Å². The monoisotopic (exact) mass is 671 g/mol. The highest BCUT2D eigenvalue weighted by Crippen LogP contribution is 2.21. The van der Waals surface area contributed by atoms with Crippen molar-refractivity contribution < 1.29 is 38.1 Å². The van der Waals surface area contributed by atoms with Gasteiger partial charge in [-0.05, 0) is 60.8 Å². The lowest BCUT2D eigenvalue weighted by Gasteiger charge is -2.40. The third kappa shape index (κ3) is 16.5. The van der Waals surface area contributed by atoms with Crippen molar-refractivity contribution in [3.63, 3.8) is 0 Å². The van der Waals surface area contributed by atoms with Gasteiger partial charge in [0.25, 0.3) is 0 Å². The minimum atomic E-state index is -0.656. The summed E-state index contributed by atoms with van der Waals surface area (Å²) in [6.45, 7) is 13.5. The third-order valence-corrected chi connectivity index (χ3v) is 6.38. The fraction of sp³-hybridized carbons (Fsp3) is 0.742. The van der Waals surface area contributed by atoms with Crippen molar-refractivity contribution in [2.45, 2.75) is 96.9 Å². The predicted molar refractivity (Wildman–Crippen MR) is 168 cm³/mol. The quantitative estimate of drug-likeness (QED) is 0.181. The van der Waals surface area contributed by atoms with E-state index in [1.807, 2.05) is 20.8 Å². The molecule has 0 radical (unpaired) electrons. The maximum atomic E-state index is 12.2. The fourth-order valence-corrected chi connectivity index (χ4v) is 4.28. The third-order valence-electron chi connectivity index (χ3n) is 5.98. The Kier molecular flexibility index (Phi) is 18.7. The number of halogens is 1. The Morgan fingerprint density at radius 2 is 1.26 bits per heavy atom. The number of carbonyl (C=O) groups excluding carboxylic acids is 4. The lowest BCUT2D eigenvalue weighted by molar-refractivity contribution is -0.149. The maximum absolute atomic E-state index is 12.2. The summed E-state index contributed by atoms with van der Waals surface area (Å²) in [5.74, 6) is 4.24. The van der Waals surface area contributed by atoms with Gasteiger partial charge in [-0.2, -0.15) is 0 Å². The Hall–Kier alpha value is -2.96. The molecule has 0 spiro atoms. The van der Waals surface area contributed by atoms with E-state index in [9.17, 15) is 19.2 Å². The molecule has 2 rings (SSSR count). The molecule has 0 saturated carbocycles. The molecule has 0 N–H and O–H groups in total. The van der Waals surface area contributed by atoms with E-state index < -0.39 is 41.4 Å². The Morgan fingerprint density at radius 1 is 0.767 bits per heavy atom. The number of piperidine rings is 1. The van der Waals surface area contributed by atoms with Gasteiger partial charge in [-0.3, -0.25) is 14.7 Å². The highest BCUT2D eigenvalue weighted by atomic mass is 79.9. The zero-order chi connectivity index (χ0) is 33.2. The molecule has 0 aromatic rings. The topological polar surface area (TPSA) is 115 Å². The minimum absolute atomic E-state index is 0.365. The molecule has 2 amide bonds. The molecule has 0 bridgehead atoms. The number of alkyl halides is 1. The van der Waals surface area contributed by atoms with Crippen LogP contribution >= 0.6 is 15.9 Å². The van der Waals surface area contributed by atoms with Gasteiger partial charge in [0.1, 0.15) is 23.3 Å². The lowest BCUT2D eigenvalue weighted by atomic mass is 10.0. The summed E-state index contributed by atoms with van der Waals surface area (Å²) in [5, 5.41) is 0.920. The smallest absolute Gasteiger partial charge is 0.411 e. The number of amides is 2. The summed E-state index contributed by atoms with van der Waals surface area (Å²) >= 11 is 3.17. The normalized spacial score (nSPS) is 18.7. The maximum Gasteiger partial charge on any atom is 0.411 e. The summed E-state index contributed by atoms with van der Waals surface area (Å²) in [4.78, 5) is 52.6. The van der Waals surface area contributed by atoms with E-state index in [0.29, 0.717) is 45.6 Å². The Bertz CT molecular complexity index is 977. The molecular weight excluding hydrogens is 622 g/mol. The van der Waals surface area contributed by atoms with Gasteiger partial charge in [0.2, 0.25) is 0 Å². The number of nitrogens with zero attached hydrogens (tertiary/aromatic N) is 3. The molecule has 2 atom stereocenters. The number of hydrogen-bond acceptors (Lipinski definition) is 9. The van der Waals surface area contributed by atoms with E-state index in [4.69, 9.17) is 31.8 Å². The van der Waals surface area contributed by atoms with Crippen LogP contribution in [0.4, 0.5) is 9.59 Å². The highest BCUT2D eigenvalue weighted by molar-refractivity contribution is 9.09. The van der Waals surface area contributed by atoms with E-state index in [1.165, 1.54) is 24.0 Å². The van der Waals surface area contributed by atoms with Crippen LogP contribution in [0.3, 0.4) is 0 Å². The number of hydrogen-bond donors (Lipinski definition) is 0. The number of ether oxygens (including phenoxy) is 4. The van der Waals surface area contributed by atoms with Crippen LogP contribution in [0.15, 0.2) is 0 Å². The average molecular weight is 673 g/mol. The van der Waals surface area contributed by atoms with Gasteiger partial charge in [0.15, 0.2) is 0 Å². The van der Waals surface area contributed by atoms with E-state index in [0.717, 1.165) is 24.6 Å². The van der Waals surface area contributed by atoms with E-state index in [-0.39, 0.29) is 5.97 Å². The van der Waals surface area contributed by atoms with Crippen molar-refractivity contribution in [3.8, 4) is 24.7 Å². The molecular formula is C31H50BrN3O8.